The highest BCUT2D eigenvalue weighted by Gasteiger charge is 2.13. The van der Waals surface area contributed by atoms with E-state index in [1.165, 1.54) is 0 Å². The lowest BCUT2D eigenvalue weighted by molar-refractivity contribution is 0.0956. The van der Waals surface area contributed by atoms with Crippen LogP contribution in [0.2, 0.25) is 0 Å². The molecule has 0 heterocycles. The first-order valence-electron chi connectivity index (χ1n) is 5.96. The number of rotatable bonds is 4. The molecule has 1 amide bonds. The van der Waals surface area contributed by atoms with Crippen molar-refractivity contribution in [1.29, 1.82) is 0 Å². The number of hydrogen-bond donors (Lipinski definition) is 3. The lowest BCUT2D eigenvalue weighted by atomic mass is 10.1. The second-order valence-corrected chi connectivity index (χ2v) is 4.11. The minimum Gasteiger partial charge on any atom is -0.393 e. The molecule has 0 fully saturated rings. The van der Waals surface area contributed by atoms with Crippen LogP contribution in [0, 0.1) is 0 Å². The topological polar surface area (TPSA) is 69.6 Å². The van der Waals surface area contributed by atoms with Gasteiger partial charge in [-0.2, -0.15) is 0 Å². The Morgan fingerprint density at radius 2 is 1.68 bits per heavy atom. The summed E-state index contributed by atoms with van der Waals surface area (Å²) in [6, 6.07) is 15.7. The third kappa shape index (κ3) is 3.19. The van der Waals surface area contributed by atoms with Gasteiger partial charge in [-0.15, -0.1) is 0 Å². The van der Waals surface area contributed by atoms with Crippen LogP contribution in [0.5, 0.6) is 0 Å². The van der Waals surface area contributed by atoms with Gasteiger partial charge in [-0.25, -0.2) is 0 Å². The standard InChI is InChI=1S/C15H15NO3/c17-10-14(18)12-8-4-5-9-13(12)16-15(19)11-6-2-1-3-7-11/h1-9,14,17-18H,10H2,(H,16,19)/t14-/m0/s1. The molecule has 0 unspecified atom stereocenters. The van der Waals surface area contributed by atoms with Crippen molar-refractivity contribution in [3.63, 3.8) is 0 Å². The van der Waals surface area contributed by atoms with E-state index in [1.807, 2.05) is 6.07 Å². The molecule has 0 radical (unpaired) electrons. The van der Waals surface area contributed by atoms with E-state index in [1.54, 1.807) is 48.5 Å². The molecule has 0 saturated heterocycles. The fraction of sp³-hybridized carbons (Fsp3) is 0.133. The van der Waals surface area contributed by atoms with Crippen molar-refractivity contribution in [3.8, 4) is 0 Å². The molecular formula is C15H15NO3. The summed E-state index contributed by atoms with van der Waals surface area (Å²) in [6.07, 6.45) is -1.01. The fourth-order valence-electron chi connectivity index (χ4n) is 1.78. The number of carbonyl (C=O) groups is 1. The third-order valence-corrected chi connectivity index (χ3v) is 2.78. The molecular weight excluding hydrogens is 242 g/mol. The van der Waals surface area contributed by atoms with E-state index in [0.29, 0.717) is 16.8 Å². The first-order chi connectivity index (χ1) is 9.22. The largest absolute Gasteiger partial charge is 0.393 e. The Labute approximate surface area is 111 Å². The molecule has 98 valence electrons. The number of carbonyl (C=O) groups excluding carboxylic acids is 1. The van der Waals surface area contributed by atoms with Crippen LogP contribution in [0.25, 0.3) is 0 Å². The van der Waals surface area contributed by atoms with Crippen LogP contribution < -0.4 is 5.32 Å². The number of para-hydroxylation sites is 1. The molecule has 0 aliphatic carbocycles. The smallest absolute Gasteiger partial charge is 0.255 e. The predicted molar refractivity (Wildman–Crippen MR) is 72.9 cm³/mol. The summed E-state index contributed by atoms with van der Waals surface area (Å²) in [5, 5.41) is 21.4. The van der Waals surface area contributed by atoms with Crippen molar-refractivity contribution < 1.29 is 15.0 Å². The molecule has 19 heavy (non-hydrogen) atoms. The minimum absolute atomic E-state index is 0.252. The summed E-state index contributed by atoms with van der Waals surface area (Å²) in [5.74, 6) is -0.252. The summed E-state index contributed by atoms with van der Waals surface area (Å²) in [5.41, 5.74) is 1.53. The van der Waals surface area contributed by atoms with Crippen LogP contribution in [-0.4, -0.2) is 22.7 Å². The van der Waals surface area contributed by atoms with Gasteiger partial charge in [-0.05, 0) is 18.2 Å². The highest BCUT2D eigenvalue weighted by Crippen LogP contribution is 2.22. The fourth-order valence-corrected chi connectivity index (χ4v) is 1.78. The van der Waals surface area contributed by atoms with E-state index >= 15 is 0 Å². The normalized spacial score (nSPS) is 11.9. The SMILES string of the molecule is O=C(Nc1ccccc1[C@@H](O)CO)c1ccccc1. The second-order valence-electron chi connectivity index (χ2n) is 4.11. The average Bonchev–Trinajstić information content (AvgIpc) is 2.48. The predicted octanol–water partition coefficient (Wildman–Crippen LogP) is 1.96. The maximum atomic E-state index is 12.0. The van der Waals surface area contributed by atoms with Gasteiger partial charge in [0.2, 0.25) is 0 Å². The Morgan fingerprint density at radius 3 is 2.37 bits per heavy atom. The molecule has 0 aliphatic heterocycles. The van der Waals surface area contributed by atoms with Gasteiger partial charge in [0.05, 0.1) is 6.61 Å². The molecule has 4 heteroatoms. The Hall–Kier alpha value is -2.17. The van der Waals surface area contributed by atoms with Crippen molar-refractivity contribution in [2.24, 2.45) is 0 Å². The van der Waals surface area contributed by atoms with Crippen LogP contribution in [-0.2, 0) is 0 Å². The van der Waals surface area contributed by atoms with Crippen LogP contribution in [0.4, 0.5) is 5.69 Å². The van der Waals surface area contributed by atoms with E-state index in [4.69, 9.17) is 5.11 Å². The first-order valence-corrected chi connectivity index (χ1v) is 5.96. The van der Waals surface area contributed by atoms with Gasteiger partial charge in [0.25, 0.3) is 5.91 Å². The highest BCUT2D eigenvalue weighted by atomic mass is 16.3. The molecule has 0 aliphatic rings. The van der Waals surface area contributed by atoms with Crippen molar-refractivity contribution >= 4 is 11.6 Å². The van der Waals surface area contributed by atoms with Crippen molar-refractivity contribution in [3.05, 3.63) is 65.7 Å². The van der Waals surface area contributed by atoms with Gasteiger partial charge in [-0.3, -0.25) is 4.79 Å². The molecule has 2 rings (SSSR count). The molecule has 4 nitrogen and oxygen atoms in total. The summed E-state index contributed by atoms with van der Waals surface area (Å²) >= 11 is 0. The molecule has 0 spiro atoms. The lowest BCUT2D eigenvalue weighted by Crippen LogP contribution is -2.15. The second kappa shape index (κ2) is 6.13. The summed E-state index contributed by atoms with van der Waals surface area (Å²) in [7, 11) is 0. The van der Waals surface area contributed by atoms with Crippen molar-refractivity contribution in [2.45, 2.75) is 6.10 Å². The zero-order chi connectivity index (χ0) is 13.7. The van der Waals surface area contributed by atoms with Crippen LogP contribution in [0.3, 0.4) is 0 Å². The molecule has 3 N–H and O–H groups in total. The van der Waals surface area contributed by atoms with Crippen molar-refractivity contribution in [1.82, 2.24) is 0 Å². The van der Waals surface area contributed by atoms with Gasteiger partial charge in [0, 0.05) is 16.8 Å². The number of nitrogens with one attached hydrogen (secondary N) is 1. The maximum Gasteiger partial charge on any atom is 0.255 e. The molecule has 0 aromatic heterocycles. The van der Waals surface area contributed by atoms with Gasteiger partial charge in [-0.1, -0.05) is 36.4 Å². The Morgan fingerprint density at radius 1 is 1.05 bits per heavy atom. The van der Waals surface area contributed by atoms with Crippen LogP contribution >= 0.6 is 0 Å². The van der Waals surface area contributed by atoms with E-state index in [9.17, 15) is 9.90 Å². The minimum atomic E-state index is -1.01. The summed E-state index contributed by atoms with van der Waals surface area (Å²) < 4.78 is 0. The van der Waals surface area contributed by atoms with E-state index in [-0.39, 0.29) is 5.91 Å². The van der Waals surface area contributed by atoms with E-state index in [0.717, 1.165) is 0 Å². The number of benzene rings is 2. The number of amides is 1. The van der Waals surface area contributed by atoms with Crippen LogP contribution in [0.1, 0.15) is 22.0 Å². The lowest BCUT2D eigenvalue weighted by Gasteiger charge is -2.14. The van der Waals surface area contributed by atoms with E-state index in [2.05, 4.69) is 5.32 Å². The van der Waals surface area contributed by atoms with E-state index < -0.39 is 12.7 Å². The quantitative estimate of drug-likeness (QED) is 0.784. The van der Waals surface area contributed by atoms with Gasteiger partial charge in [0.15, 0.2) is 0 Å². The maximum absolute atomic E-state index is 12.0. The molecule has 0 bridgehead atoms. The molecule has 0 saturated carbocycles. The van der Waals surface area contributed by atoms with Gasteiger partial charge in [0.1, 0.15) is 6.10 Å². The molecule has 2 aromatic rings. The zero-order valence-corrected chi connectivity index (χ0v) is 10.3. The van der Waals surface area contributed by atoms with Crippen molar-refractivity contribution in [2.75, 3.05) is 11.9 Å². The number of hydrogen-bond acceptors (Lipinski definition) is 3. The van der Waals surface area contributed by atoms with Gasteiger partial charge < -0.3 is 15.5 Å². The molecule has 2 aromatic carbocycles. The Bertz CT molecular complexity index is 554. The monoisotopic (exact) mass is 257 g/mol. The summed E-state index contributed by atoms with van der Waals surface area (Å²) in [6.45, 7) is -0.391. The average molecular weight is 257 g/mol. The summed E-state index contributed by atoms with van der Waals surface area (Å²) in [4.78, 5) is 12.0. The number of aliphatic hydroxyl groups excluding tert-OH is 2. The number of anilines is 1. The van der Waals surface area contributed by atoms with Crippen LogP contribution in [0.15, 0.2) is 54.6 Å². The van der Waals surface area contributed by atoms with Gasteiger partial charge >= 0.3 is 0 Å². The third-order valence-electron chi connectivity index (χ3n) is 2.78. The number of aliphatic hydroxyl groups is 2. The molecule has 1 atom stereocenters. The Balaban J connectivity index is 2.22. The first kappa shape index (κ1) is 13.3. The Kier molecular flexibility index (Phi) is 4.28. The highest BCUT2D eigenvalue weighted by molar-refractivity contribution is 6.04. The zero-order valence-electron chi connectivity index (χ0n) is 10.3.